The summed E-state index contributed by atoms with van der Waals surface area (Å²) in [5, 5.41) is 3.48. The minimum Gasteiger partial charge on any atom is -0.381 e. The second kappa shape index (κ2) is 7.81. The Bertz CT molecular complexity index is 567. The topological polar surface area (TPSA) is 24.5 Å². The number of methoxy groups -OCH3 is 1. The predicted molar refractivity (Wildman–Crippen MR) is 88.3 cm³/mol. The Hall–Kier alpha value is -1.84. The van der Waals surface area contributed by atoms with Crippen molar-refractivity contribution >= 4 is 5.69 Å². The van der Waals surface area contributed by atoms with Crippen LogP contribution in [0.2, 0.25) is 0 Å². The molecule has 21 heavy (non-hydrogen) atoms. The molecule has 1 N–H and O–H groups in total. The number of nitrogens with one attached hydrogen (secondary N) is 1. The monoisotopic (exact) mass is 284 g/mol. The lowest BCUT2D eigenvalue weighted by atomic mass is 10.1. The zero-order valence-corrected chi connectivity index (χ0v) is 13.1. The lowest BCUT2D eigenvalue weighted by molar-refractivity contribution is 0.185. The fraction of sp³-hybridized carbons (Fsp3) is 0.333. The van der Waals surface area contributed by atoms with Gasteiger partial charge in [0.2, 0.25) is 0 Å². The van der Waals surface area contributed by atoms with Crippen molar-refractivity contribution in [2.75, 3.05) is 26.5 Å². The quantitative estimate of drug-likeness (QED) is 0.842. The minimum atomic E-state index is 0.659. The van der Waals surface area contributed by atoms with Crippen molar-refractivity contribution in [3.8, 4) is 0 Å². The Morgan fingerprint density at radius 2 is 1.67 bits per heavy atom. The summed E-state index contributed by atoms with van der Waals surface area (Å²) in [6.45, 7) is 2.44. The molecular formula is C18H24N2O. The van der Waals surface area contributed by atoms with E-state index in [2.05, 4.69) is 72.8 Å². The summed E-state index contributed by atoms with van der Waals surface area (Å²) < 4.78 is 5.17. The van der Waals surface area contributed by atoms with Crippen molar-refractivity contribution < 1.29 is 4.74 Å². The van der Waals surface area contributed by atoms with E-state index in [4.69, 9.17) is 4.74 Å². The van der Waals surface area contributed by atoms with Crippen molar-refractivity contribution in [1.29, 1.82) is 0 Å². The van der Waals surface area contributed by atoms with E-state index in [0.29, 0.717) is 6.61 Å². The highest BCUT2D eigenvalue weighted by Gasteiger charge is 1.99. The van der Waals surface area contributed by atoms with Gasteiger partial charge in [-0.25, -0.2) is 0 Å². The maximum atomic E-state index is 5.17. The van der Waals surface area contributed by atoms with Crippen LogP contribution in [0.15, 0.2) is 48.5 Å². The van der Waals surface area contributed by atoms with E-state index in [1.165, 1.54) is 16.7 Å². The lowest BCUT2D eigenvalue weighted by Crippen LogP contribution is -2.10. The molecule has 0 bridgehead atoms. The molecule has 0 unspecified atom stereocenters. The lowest BCUT2D eigenvalue weighted by Gasteiger charge is -2.12. The van der Waals surface area contributed by atoms with Gasteiger partial charge in [0.1, 0.15) is 0 Å². The molecule has 2 aromatic rings. The molecule has 0 atom stereocenters. The number of hydrogen-bond donors (Lipinski definition) is 1. The highest BCUT2D eigenvalue weighted by atomic mass is 16.5. The summed E-state index contributed by atoms with van der Waals surface area (Å²) in [6.07, 6.45) is 0. The average Bonchev–Trinajstić information content (AvgIpc) is 2.46. The van der Waals surface area contributed by atoms with Crippen LogP contribution in [0, 0.1) is 0 Å². The molecule has 0 aromatic heterocycles. The molecule has 0 radical (unpaired) electrons. The largest absolute Gasteiger partial charge is 0.381 e. The molecular weight excluding hydrogens is 260 g/mol. The molecule has 0 aliphatic carbocycles. The summed E-state index contributed by atoms with van der Waals surface area (Å²) in [6, 6.07) is 17.1. The van der Waals surface area contributed by atoms with Crippen molar-refractivity contribution in [2.24, 2.45) is 0 Å². The Morgan fingerprint density at radius 3 is 2.43 bits per heavy atom. The van der Waals surface area contributed by atoms with E-state index in [9.17, 15) is 0 Å². The molecule has 0 spiro atoms. The normalized spacial score (nSPS) is 10.9. The van der Waals surface area contributed by atoms with E-state index in [1.54, 1.807) is 7.11 Å². The Balaban J connectivity index is 1.97. The van der Waals surface area contributed by atoms with Crippen LogP contribution in [0.1, 0.15) is 16.7 Å². The van der Waals surface area contributed by atoms with Gasteiger partial charge in [-0.2, -0.15) is 0 Å². The van der Waals surface area contributed by atoms with Crippen LogP contribution >= 0.6 is 0 Å². The minimum absolute atomic E-state index is 0.659. The van der Waals surface area contributed by atoms with Crippen LogP contribution in [-0.2, 0) is 24.4 Å². The van der Waals surface area contributed by atoms with E-state index in [0.717, 1.165) is 18.8 Å². The van der Waals surface area contributed by atoms with Crippen molar-refractivity contribution in [3.05, 3.63) is 65.2 Å². The maximum Gasteiger partial charge on any atom is 0.0713 e. The van der Waals surface area contributed by atoms with E-state index < -0.39 is 0 Å². The average molecular weight is 284 g/mol. The number of nitrogens with zero attached hydrogens (tertiary/aromatic N) is 1. The number of anilines is 1. The van der Waals surface area contributed by atoms with Crippen molar-refractivity contribution in [1.82, 2.24) is 4.90 Å². The zero-order valence-electron chi connectivity index (χ0n) is 13.1. The van der Waals surface area contributed by atoms with Crippen molar-refractivity contribution in [2.45, 2.75) is 19.7 Å². The molecule has 112 valence electrons. The molecule has 0 aliphatic heterocycles. The molecule has 0 amide bonds. The highest BCUT2D eigenvalue weighted by molar-refractivity contribution is 5.46. The van der Waals surface area contributed by atoms with Crippen LogP contribution < -0.4 is 5.32 Å². The van der Waals surface area contributed by atoms with Gasteiger partial charge in [-0.05, 0) is 42.9 Å². The summed E-state index contributed by atoms with van der Waals surface area (Å²) in [5.74, 6) is 0. The Kier molecular flexibility index (Phi) is 5.78. The van der Waals surface area contributed by atoms with Crippen LogP contribution in [0.25, 0.3) is 0 Å². The van der Waals surface area contributed by atoms with E-state index in [1.807, 2.05) is 0 Å². The Morgan fingerprint density at radius 1 is 0.952 bits per heavy atom. The molecule has 0 aliphatic rings. The van der Waals surface area contributed by atoms with Gasteiger partial charge in [0, 0.05) is 25.9 Å². The smallest absolute Gasteiger partial charge is 0.0713 e. The molecule has 3 nitrogen and oxygen atoms in total. The summed E-state index contributed by atoms with van der Waals surface area (Å²) >= 11 is 0. The number of ether oxygens (including phenoxy) is 1. The standard InChI is InChI=1S/C18H24N2O/c1-20(2)13-16-7-5-9-18(11-16)19-12-15-6-4-8-17(10-15)14-21-3/h4-11,19H,12-14H2,1-3H3. The first-order valence-electron chi connectivity index (χ1n) is 7.21. The second-order valence-corrected chi connectivity index (χ2v) is 5.54. The van der Waals surface area contributed by atoms with Gasteiger partial charge in [-0.1, -0.05) is 36.4 Å². The fourth-order valence-corrected chi connectivity index (χ4v) is 2.34. The highest BCUT2D eigenvalue weighted by Crippen LogP contribution is 2.14. The van der Waals surface area contributed by atoms with Crippen LogP contribution in [-0.4, -0.2) is 26.1 Å². The van der Waals surface area contributed by atoms with Gasteiger partial charge in [0.15, 0.2) is 0 Å². The summed E-state index contributed by atoms with van der Waals surface area (Å²) in [5.41, 5.74) is 4.95. The first kappa shape index (κ1) is 15.5. The number of hydrogen-bond acceptors (Lipinski definition) is 3. The molecule has 0 saturated heterocycles. The van der Waals surface area contributed by atoms with Gasteiger partial charge in [-0.3, -0.25) is 0 Å². The van der Waals surface area contributed by atoms with E-state index in [-0.39, 0.29) is 0 Å². The first-order valence-corrected chi connectivity index (χ1v) is 7.21. The number of rotatable bonds is 7. The summed E-state index contributed by atoms with van der Waals surface area (Å²) in [7, 11) is 5.89. The van der Waals surface area contributed by atoms with Gasteiger partial charge < -0.3 is 15.0 Å². The third-order valence-corrected chi connectivity index (χ3v) is 3.22. The maximum absolute atomic E-state index is 5.17. The second-order valence-electron chi connectivity index (χ2n) is 5.54. The van der Waals surface area contributed by atoms with E-state index >= 15 is 0 Å². The van der Waals surface area contributed by atoms with Gasteiger partial charge in [0.25, 0.3) is 0 Å². The van der Waals surface area contributed by atoms with Gasteiger partial charge >= 0.3 is 0 Å². The zero-order chi connectivity index (χ0) is 15.1. The molecule has 2 rings (SSSR count). The third-order valence-electron chi connectivity index (χ3n) is 3.22. The molecule has 0 heterocycles. The molecule has 0 saturated carbocycles. The SMILES string of the molecule is COCc1cccc(CNc2cccc(CN(C)C)c2)c1. The molecule has 2 aromatic carbocycles. The molecule has 0 fully saturated rings. The fourth-order valence-electron chi connectivity index (χ4n) is 2.34. The van der Waals surface area contributed by atoms with Crippen molar-refractivity contribution in [3.63, 3.8) is 0 Å². The van der Waals surface area contributed by atoms with Crippen LogP contribution in [0.4, 0.5) is 5.69 Å². The summed E-state index contributed by atoms with van der Waals surface area (Å²) in [4.78, 5) is 2.17. The predicted octanol–water partition coefficient (Wildman–Crippen LogP) is 3.51. The van der Waals surface area contributed by atoms with Gasteiger partial charge in [-0.15, -0.1) is 0 Å². The Labute approximate surface area is 127 Å². The third kappa shape index (κ3) is 5.21. The first-order chi connectivity index (χ1) is 10.2. The van der Waals surface area contributed by atoms with Gasteiger partial charge in [0.05, 0.1) is 6.61 Å². The number of benzene rings is 2. The van der Waals surface area contributed by atoms with Crippen LogP contribution in [0.5, 0.6) is 0 Å². The molecule has 3 heteroatoms. The van der Waals surface area contributed by atoms with Crippen LogP contribution in [0.3, 0.4) is 0 Å².